The Hall–Kier alpha value is -1.27. The third kappa shape index (κ3) is 3.07. The molecule has 7 heteroatoms. The van der Waals surface area contributed by atoms with E-state index < -0.39 is 10.8 Å². The van der Waals surface area contributed by atoms with Gasteiger partial charge in [0.2, 0.25) is 0 Å². The zero-order chi connectivity index (χ0) is 14.8. The number of nitrogens with one attached hydrogen (secondary N) is 1. The molecule has 0 aromatic heterocycles. The van der Waals surface area contributed by atoms with Crippen molar-refractivity contribution in [1.29, 1.82) is 0 Å². The summed E-state index contributed by atoms with van der Waals surface area (Å²) in [6, 6.07) is 4.00. The Balaban J connectivity index is 2.12. The van der Waals surface area contributed by atoms with E-state index in [1.807, 2.05) is 6.26 Å². The van der Waals surface area contributed by atoms with Crippen molar-refractivity contribution in [3.05, 3.63) is 38.9 Å². The average molecular weight is 315 g/mol. The topological polar surface area (TPSA) is 72.2 Å². The highest BCUT2D eigenvalue weighted by atomic mass is 35.5. The van der Waals surface area contributed by atoms with E-state index in [4.69, 9.17) is 11.6 Å². The minimum atomic E-state index is -0.571. The molecular formula is C13H15ClN2O3S. The molecule has 1 aliphatic carbocycles. The second kappa shape index (κ2) is 6.01. The predicted octanol–water partition coefficient (Wildman–Crippen LogP) is 3.26. The first kappa shape index (κ1) is 15.1. The zero-order valence-electron chi connectivity index (χ0n) is 11.0. The lowest BCUT2D eigenvalue weighted by atomic mass is 9.84. The van der Waals surface area contributed by atoms with E-state index in [1.54, 1.807) is 11.8 Å². The summed E-state index contributed by atoms with van der Waals surface area (Å²) in [5.74, 6) is -0.445. The van der Waals surface area contributed by atoms with Gasteiger partial charge in [-0.05, 0) is 31.2 Å². The number of rotatable bonds is 5. The monoisotopic (exact) mass is 314 g/mol. The number of nitro groups is 1. The largest absolute Gasteiger partial charge is 0.350 e. The molecule has 0 radical (unpaired) electrons. The molecule has 5 nitrogen and oxygen atoms in total. The SMILES string of the molecule is CSC1(CNC(=O)c2cc(Cl)ccc2[N+](=O)[O-])CCC1. The van der Waals surface area contributed by atoms with Crippen LogP contribution in [0.2, 0.25) is 5.02 Å². The average Bonchev–Trinajstić information content (AvgIpc) is 2.37. The van der Waals surface area contributed by atoms with Gasteiger partial charge in [-0.15, -0.1) is 0 Å². The highest BCUT2D eigenvalue weighted by Gasteiger charge is 2.36. The van der Waals surface area contributed by atoms with Gasteiger partial charge in [-0.25, -0.2) is 0 Å². The fourth-order valence-electron chi connectivity index (χ4n) is 2.21. The fraction of sp³-hybridized carbons (Fsp3) is 0.462. The molecule has 1 aromatic rings. The smallest absolute Gasteiger partial charge is 0.282 e. The number of nitrogens with zero attached hydrogens (tertiary/aromatic N) is 1. The first-order valence-corrected chi connectivity index (χ1v) is 7.85. The number of halogens is 1. The summed E-state index contributed by atoms with van der Waals surface area (Å²) >= 11 is 7.55. The van der Waals surface area contributed by atoms with E-state index in [9.17, 15) is 14.9 Å². The van der Waals surface area contributed by atoms with Crippen LogP contribution in [0.25, 0.3) is 0 Å². The summed E-state index contributed by atoms with van der Waals surface area (Å²) in [5.41, 5.74) is -0.211. The molecule has 2 rings (SSSR count). The lowest BCUT2D eigenvalue weighted by Gasteiger charge is -2.40. The molecule has 0 bridgehead atoms. The van der Waals surface area contributed by atoms with Gasteiger partial charge in [0, 0.05) is 22.4 Å². The maximum atomic E-state index is 12.1. The molecular weight excluding hydrogens is 300 g/mol. The number of hydrogen-bond acceptors (Lipinski definition) is 4. The van der Waals surface area contributed by atoms with Crippen LogP contribution in [0.1, 0.15) is 29.6 Å². The number of thioether (sulfide) groups is 1. The lowest BCUT2D eigenvalue weighted by Crippen LogP contribution is -2.45. The molecule has 0 unspecified atom stereocenters. The third-order valence-electron chi connectivity index (χ3n) is 3.67. The molecule has 1 fully saturated rings. The number of carbonyl (C=O) groups excluding carboxylic acids is 1. The quantitative estimate of drug-likeness (QED) is 0.669. The van der Waals surface area contributed by atoms with Crippen molar-refractivity contribution in [2.75, 3.05) is 12.8 Å². The summed E-state index contributed by atoms with van der Waals surface area (Å²) in [6.07, 6.45) is 5.30. The summed E-state index contributed by atoms with van der Waals surface area (Å²) in [5, 5.41) is 14.0. The van der Waals surface area contributed by atoms with Gasteiger partial charge in [0.15, 0.2) is 0 Å². The lowest BCUT2D eigenvalue weighted by molar-refractivity contribution is -0.385. The van der Waals surface area contributed by atoms with Crippen LogP contribution < -0.4 is 5.32 Å². The van der Waals surface area contributed by atoms with Gasteiger partial charge in [0.05, 0.1) is 4.92 Å². The van der Waals surface area contributed by atoms with Crippen LogP contribution in [0.15, 0.2) is 18.2 Å². The van der Waals surface area contributed by atoms with Gasteiger partial charge in [0.25, 0.3) is 11.6 Å². The maximum Gasteiger partial charge on any atom is 0.282 e. The van der Waals surface area contributed by atoms with Crippen LogP contribution in [0, 0.1) is 10.1 Å². The van der Waals surface area contributed by atoms with Crippen molar-refractivity contribution in [3.63, 3.8) is 0 Å². The minimum Gasteiger partial charge on any atom is -0.350 e. The Morgan fingerprint density at radius 3 is 2.75 bits per heavy atom. The molecule has 0 aliphatic heterocycles. The van der Waals surface area contributed by atoms with Gasteiger partial charge in [-0.1, -0.05) is 18.0 Å². The molecule has 0 spiro atoms. The Morgan fingerprint density at radius 1 is 1.55 bits per heavy atom. The van der Waals surface area contributed by atoms with Crippen molar-refractivity contribution in [3.8, 4) is 0 Å². The molecule has 20 heavy (non-hydrogen) atoms. The Kier molecular flexibility index (Phi) is 4.55. The van der Waals surface area contributed by atoms with Gasteiger partial charge in [-0.3, -0.25) is 14.9 Å². The van der Waals surface area contributed by atoms with E-state index in [-0.39, 0.29) is 16.0 Å². The minimum absolute atomic E-state index is 0.0121. The second-order valence-corrected chi connectivity index (χ2v) is 6.55. The summed E-state index contributed by atoms with van der Waals surface area (Å²) in [4.78, 5) is 22.5. The number of nitro benzene ring substituents is 1. The van der Waals surface area contributed by atoms with Gasteiger partial charge in [-0.2, -0.15) is 11.8 Å². The van der Waals surface area contributed by atoms with Crippen molar-refractivity contribution < 1.29 is 9.72 Å². The van der Waals surface area contributed by atoms with Crippen molar-refractivity contribution in [2.45, 2.75) is 24.0 Å². The highest BCUT2D eigenvalue weighted by Crippen LogP contribution is 2.42. The van der Waals surface area contributed by atoms with E-state index in [0.717, 1.165) is 19.3 Å². The van der Waals surface area contributed by atoms with E-state index in [0.29, 0.717) is 11.6 Å². The van der Waals surface area contributed by atoms with E-state index in [1.165, 1.54) is 18.2 Å². The summed E-state index contributed by atoms with van der Waals surface area (Å²) in [6.45, 7) is 0.524. The van der Waals surface area contributed by atoms with Crippen molar-refractivity contribution in [1.82, 2.24) is 5.32 Å². The van der Waals surface area contributed by atoms with Crippen LogP contribution in [0.4, 0.5) is 5.69 Å². The molecule has 1 N–H and O–H groups in total. The third-order valence-corrected chi connectivity index (χ3v) is 5.32. The van der Waals surface area contributed by atoms with Crippen molar-refractivity contribution >= 4 is 35.0 Å². The predicted molar refractivity (Wildman–Crippen MR) is 80.5 cm³/mol. The highest BCUT2D eigenvalue weighted by molar-refractivity contribution is 8.00. The normalized spacial score (nSPS) is 16.3. The molecule has 0 atom stereocenters. The fourth-order valence-corrected chi connectivity index (χ4v) is 3.30. The van der Waals surface area contributed by atoms with Gasteiger partial charge in [0.1, 0.15) is 5.56 Å². The number of carbonyl (C=O) groups is 1. The van der Waals surface area contributed by atoms with Crippen LogP contribution in [0.5, 0.6) is 0 Å². The van der Waals surface area contributed by atoms with Crippen LogP contribution in [-0.2, 0) is 0 Å². The van der Waals surface area contributed by atoms with Gasteiger partial charge < -0.3 is 5.32 Å². The first-order valence-electron chi connectivity index (χ1n) is 6.25. The Bertz CT molecular complexity index is 541. The summed E-state index contributed by atoms with van der Waals surface area (Å²) in [7, 11) is 0. The summed E-state index contributed by atoms with van der Waals surface area (Å²) < 4.78 is 0.0863. The molecule has 0 heterocycles. The molecule has 108 valence electrons. The van der Waals surface area contributed by atoms with Crippen LogP contribution in [-0.4, -0.2) is 28.4 Å². The molecule has 1 aromatic carbocycles. The maximum absolute atomic E-state index is 12.1. The first-order chi connectivity index (χ1) is 9.47. The second-order valence-electron chi connectivity index (χ2n) is 4.84. The molecule has 1 saturated carbocycles. The molecule has 1 amide bonds. The van der Waals surface area contributed by atoms with Crippen LogP contribution >= 0.6 is 23.4 Å². The number of amides is 1. The standard InChI is InChI=1S/C13H15ClN2O3S/c1-20-13(5-2-6-13)8-15-12(17)10-7-9(14)3-4-11(10)16(18)19/h3-4,7H,2,5-6,8H2,1H3,(H,15,17). The number of benzene rings is 1. The van der Waals surface area contributed by atoms with Crippen LogP contribution in [0.3, 0.4) is 0 Å². The molecule has 1 aliphatic rings. The van der Waals surface area contributed by atoms with E-state index >= 15 is 0 Å². The molecule has 0 saturated heterocycles. The van der Waals surface area contributed by atoms with Gasteiger partial charge >= 0.3 is 0 Å². The Labute approximate surface area is 126 Å². The number of hydrogen-bond donors (Lipinski definition) is 1. The van der Waals surface area contributed by atoms with E-state index in [2.05, 4.69) is 5.32 Å². The Morgan fingerprint density at radius 2 is 2.25 bits per heavy atom. The van der Waals surface area contributed by atoms with Crippen molar-refractivity contribution in [2.24, 2.45) is 0 Å². The zero-order valence-corrected chi connectivity index (χ0v) is 12.6.